The molecule has 1 saturated heterocycles. The van der Waals surface area contributed by atoms with E-state index >= 15 is 0 Å². The standard InChI is InChI=1S/C18H39NO4Si.C2H7P/c1-6-8-9-14-23-15-13-19-17-11-10-16-24(21-4,22-5)18(17,20-3)12-7-2;1-3-2/h17,19H,6-16H2,1-5H3;3H,1-2H3. The lowest BCUT2D eigenvalue weighted by Gasteiger charge is -2.52. The molecule has 0 aromatic heterocycles. The summed E-state index contributed by atoms with van der Waals surface area (Å²) in [4.78, 5) is 0. The zero-order valence-corrected chi connectivity index (χ0v) is 21.0. The fourth-order valence-corrected chi connectivity index (χ4v) is 8.22. The maximum absolute atomic E-state index is 6.15. The van der Waals surface area contributed by atoms with Crippen molar-refractivity contribution in [2.75, 3.05) is 54.4 Å². The molecule has 1 aliphatic rings. The number of hydrogen-bond donors (Lipinski definition) is 1. The lowest BCUT2D eigenvalue weighted by atomic mass is 9.99. The third-order valence-electron chi connectivity index (χ3n) is 5.38. The Morgan fingerprint density at radius 1 is 1.04 bits per heavy atom. The molecule has 1 fully saturated rings. The predicted octanol–water partition coefficient (Wildman–Crippen LogP) is 4.33. The van der Waals surface area contributed by atoms with Gasteiger partial charge in [-0.15, -0.1) is 8.58 Å². The monoisotopic (exact) mass is 423 g/mol. The first-order valence-electron chi connectivity index (χ1n) is 10.6. The molecule has 0 aliphatic carbocycles. The van der Waals surface area contributed by atoms with Crippen LogP contribution >= 0.6 is 8.58 Å². The lowest BCUT2D eigenvalue weighted by molar-refractivity contribution is -0.0386. The van der Waals surface area contributed by atoms with E-state index in [2.05, 4.69) is 32.5 Å². The SMILES string of the molecule is CCCCCOCCNC1CCC[Si](OC)(OC)C1(CCC)OC.CPC. The van der Waals surface area contributed by atoms with E-state index in [1.54, 1.807) is 14.2 Å². The van der Waals surface area contributed by atoms with E-state index in [1.165, 1.54) is 12.8 Å². The van der Waals surface area contributed by atoms with Crippen LogP contribution in [-0.2, 0) is 18.3 Å². The highest BCUT2D eigenvalue weighted by molar-refractivity contribution is 7.35. The Bertz CT molecular complexity index is 348. The predicted molar refractivity (Wildman–Crippen MR) is 121 cm³/mol. The first-order chi connectivity index (χ1) is 13.1. The van der Waals surface area contributed by atoms with Crippen molar-refractivity contribution in [1.29, 1.82) is 0 Å². The molecule has 0 aromatic rings. The molecule has 0 aromatic carbocycles. The maximum atomic E-state index is 6.15. The summed E-state index contributed by atoms with van der Waals surface area (Å²) >= 11 is 0. The quantitative estimate of drug-likeness (QED) is 0.271. The van der Waals surface area contributed by atoms with Gasteiger partial charge in [-0.25, -0.2) is 0 Å². The molecule has 1 rings (SSSR count). The molecule has 2 atom stereocenters. The average Bonchev–Trinajstić information content (AvgIpc) is 2.69. The molecule has 0 bridgehead atoms. The van der Waals surface area contributed by atoms with Gasteiger partial charge in [-0.3, -0.25) is 0 Å². The van der Waals surface area contributed by atoms with Gasteiger partial charge in [0.1, 0.15) is 5.22 Å². The van der Waals surface area contributed by atoms with Crippen molar-refractivity contribution in [2.45, 2.75) is 76.1 Å². The van der Waals surface area contributed by atoms with Gasteiger partial charge in [0, 0.05) is 40.5 Å². The minimum atomic E-state index is -2.41. The summed E-state index contributed by atoms with van der Waals surface area (Å²) in [6.45, 7) is 11.2. The smallest absolute Gasteiger partial charge is 0.372 e. The van der Waals surface area contributed by atoms with E-state index in [4.69, 9.17) is 18.3 Å². The van der Waals surface area contributed by atoms with E-state index < -0.39 is 8.56 Å². The fourth-order valence-electron chi connectivity index (χ4n) is 4.15. The largest absolute Gasteiger partial charge is 0.396 e. The van der Waals surface area contributed by atoms with E-state index in [9.17, 15) is 0 Å². The van der Waals surface area contributed by atoms with Gasteiger partial charge in [0.15, 0.2) is 0 Å². The Morgan fingerprint density at radius 2 is 1.70 bits per heavy atom. The third-order valence-corrected chi connectivity index (χ3v) is 9.80. The summed E-state index contributed by atoms with van der Waals surface area (Å²) in [6.07, 6.45) is 7.88. The Hall–Kier alpha value is 0.447. The zero-order chi connectivity index (χ0) is 20.6. The Kier molecular flexibility index (Phi) is 16.5. The Morgan fingerprint density at radius 3 is 2.22 bits per heavy atom. The molecule has 1 aliphatic heterocycles. The number of ether oxygens (including phenoxy) is 2. The van der Waals surface area contributed by atoms with Gasteiger partial charge in [0.2, 0.25) is 0 Å². The molecule has 164 valence electrons. The van der Waals surface area contributed by atoms with Crippen molar-refractivity contribution in [3.63, 3.8) is 0 Å². The van der Waals surface area contributed by atoms with Gasteiger partial charge in [0.05, 0.1) is 6.61 Å². The van der Waals surface area contributed by atoms with Crippen LogP contribution in [0, 0.1) is 0 Å². The van der Waals surface area contributed by atoms with Crippen molar-refractivity contribution in [3.8, 4) is 0 Å². The maximum Gasteiger partial charge on any atom is 0.372 e. The summed E-state index contributed by atoms with van der Waals surface area (Å²) in [6, 6.07) is 1.27. The van der Waals surface area contributed by atoms with E-state index in [0.29, 0.717) is 0 Å². The second-order valence-electron chi connectivity index (χ2n) is 7.22. The normalized spacial score (nSPS) is 24.3. The molecule has 0 saturated carbocycles. The first kappa shape index (κ1) is 27.4. The molecular formula is C20H46NO4PSi. The Labute approximate surface area is 171 Å². The highest BCUT2D eigenvalue weighted by atomic mass is 31.1. The molecule has 1 heterocycles. The van der Waals surface area contributed by atoms with Gasteiger partial charge < -0.3 is 23.6 Å². The van der Waals surface area contributed by atoms with Crippen molar-refractivity contribution in [3.05, 3.63) is 0 Å². The number of hydrogen-bond acceptors (Lipinski definition) is 5. The van der Waals surface area contributed by atoms with Crippen molar-refractivity contribution in [1.82, 2.24) is 5.32 Å². The molecule has 0 radical (unpaired) electrons. The first-order valence-corrected chi connectivity index (χ1v) is 14.6. The minimum Gasteiger partial charge on any atom is -0.396 e. The third kappa shape index (κ3) is 8.00. The molecule has 2 unspecified atom stereocenters. The second-order valence-corrected chi connectivity index (χ2v) is 11.9. The van der Waals surface area contributed by atoms with Crippen LogP contribution in [0.25, 0.3) is 0 Å². The van der Waals surface area contributed by atoms with Crippen LogP contribution in [0.5, 0.6) is 0 Å². The van der Waals surface area contributed by atoms with Gasteiger partial charge >= 0.3 is 8.56 Å². The fraction of sp³-hybridized carbons (Fsp3) is 1.00. The molecule has 7 heteroatoms. The molecule has 0 amide bonds. The van der Waals surface area contributed by atoms with Crippen molar-refractivity contribution >= 4 is 17.1 Å². The molecule has 27 heavy (non-hydrogen) atoms. The number of rotatable bonds is 13. The van der Waals surface area contributed by atoms with Gasteiger partial charge in [0.25, 0.3) is 0 Å². The van der Waals surface area contributed by atoms with Crippen molar-refractivity contribution in [2.24, 2.45) is 0 Å². The van der Waals surface area contributed by atoms with E-state index in [1.807, 2.05) is 7.11 Å². The average molecular weight is 424 g/mol. The topological polar surface area (TPSA) is 49.0 Å². The summed E-state index contributed by atoms with van der Waals surface area (Å²) in [5.74, 6) is 0. The van der Waals surface area contributed by atoms with Crippen LogP contribution in [0.4, 0.5) is 0 Å². The highest BCUT2D eigenvalue weighted by Crippen LogP contribution is 2.43. The molecule has 5 nitrogen and oxygen atoms in total. The highest BCUT2D eigenvalue weighted by Gasteiger charge is 2.62. The zero-order valence-electron chi connectivity index (χ0n) is 19.0. The molecular weight excluding hydrogens is 377 g/mol. The van der Waals surface area contributed by atoms with E-state index in [-0.39, 0.29) is 11.3 Å². The van der Waals surface area contributed by atoms with E-state index in [0.717, 1.165) is 66.5 Å². The van der Waals surface area contributed by atoms with Gasteiger partial charge in [-0.05, 0) is 45.1 Å². The number of unbranched alkanes of at least 4 members (excludes halogenated alkanes) is 2. The second kappa shape index (κ2) is 16.3. The summed E-state index contributed by atoms with van der Waals surface area (Å²) in [5, 5.41) is 3.36. The minimum absolute atomic E-state index is 0.266. The van der Waals surface area contributed by atoms with Crippen LogP contribution in [-0.4, -0.2) is 74.2 Å². The summed E-state index contributed by atoms with van der Waals surface area (Å²) in [7, 11) is 4.07. The van der Waals surface area contributed by atoms with Gasteiger partial charge in [-0.2, -0.15) is 0 Å². The van der Waals surface area contributed by atoms with Crippen LogP contribution < -0.4 is 5.32 Å². The van der Waals surface area contributed by atoms with Crippen molar-refractivity contribution < 1.29 is 18.3 Å². The van der Waals surface area contributed by atoms with Crippen LogP contribution in [0.15, 0.2) is 0 Å². The Balaban J connectivity index is 0.00000210. The lowest BCUT2D eigenvalue weighted by Crippen LogP contribution is -2.73. The van der Waals surface area contributed by atoms with Gasteiger partial charge in [-0.1, -0.05) is 33.1 Å². The molecule has 1 N–H and O–H groups in total. The molecule has 0 spiro atoms. The van der Waals surface area contributed by atoms with Crippen LogP contribution in [0.1, 0.15) is 58.8 Å². The van der Waals surface area contributed by atoms with Crippen LogP contribution in [0.3, 0.4) is 0 Å². The summed E-state index contributed by atoms with van der Waals surface area (Å²) < 4.78 is 23.9. The van der Waals surface area contributed by atoms with Crippen LogP contribution in [0.2, 0.25) is 6.04 Å². The summed E-state index contributed by atoms with van der Waals surface area (Å²) in [5.41, 5.74) is 0. The number of nitrogens with one attached hydrogen (secondary N) is 1. The number of methoxy groups -OCH3 is 1.